The number of hydrogen-bond acceptors (Lipinski definition) is 2. The van der Waals surface area contributed by atoms with E-state index in [0.29, 0.717) is 5.96 Å². The van der Waals surface area contributed by atoms with E-state index in [1.165, 1.54) is 0 Å². The second kappa shape index (κ2) is 5.82. The molecule has 92 valence electrons. The van der Waals surface area contributed by atoms with Gasteiger partial charge < -0.3 is 11.1 Å². The van der Waals surface area contributed by atoms with Gasteiger partial charge in [-0.3, -0.25) is 4.98 Å². The molecule has 0 aliphatic heterocycles. The van der Waals surface area contributed by atoms with Gasteiger partial charge in [0.25, 0.3) is 0 Å². The number of nitrogens with zero attached hydrogens (tertiary/aromatic N) is 2. The molecule has 2 rings (SSSR count). The number of pyridine rings is 1. The number of benzene rings is 1. The molecule has 0 aliphatic rings. The molecule has 0 spiro atoms. The zero-order valence-electron chi connectivity index (χ0n) is 10.2. The van der Waals surface area contributed by atoms with E-state index >= 15 is 0 Å². The highest BCUT2D eigenvalue weighted by Gasteiger charge is 2.04. The maximum atomic E-state index is 5.86. The lowest BCUT2D eigenvalue weighted by molar-refractivity contribution is 0.781. The topological polar surface area (TPSA) is 63.3 Å². The minimum absolute atomic E-state index is 0.0672. The lowest BCUT2D eigenvalue weighted by atomic mass is 10.2. The number of para-hydroxylation sites is 1. The van der Waals surface area contributed by atoms with E-state index < -0.39 is 0 Å². The molecule has 1 heterocycles. The van der Waals surface area contributed by atoms with Crippen LogP contribution in [-0.2, 0) is 0 Å². The Morgan fingerprint density at radius 1 is 1.17 bits per heavy atom. The number of aromatic nitrogens is 1. The molecule has 1 unspecified atom stereocenters. The van der Waals surface area contributed by atoms with E-state index in [1.54, 1.807) is 6.20 Å². The van der Waals surface area contributed by atoms with Gasteiger partial charge in [-0.05, 0) is 31.2 Å². The second-order valence-electron chi connectivity index (χ2n) is 3.94. The van der Waals surface area contributed by atoms with E-state index in [9.17, 15) is 0 Å². The summed E-state index contributed by atoms with van der Waals surface area (Å²) in [6.45, 7) is 1.96. The van der Waals surface area contributed by atoms with Crippen LogP contribution < -0.4 is 11.1 Å². The smallest absolute Gasteiger partial charge is 0.193 e. The first kappa shape index (κ1) is 12.1. The molecule has 0 radical (unpaired) electrons. The fourth-order valence-electron chi connectivity index (χ4n) is 1.60. The monoisotopic (exact) mass is 240 g/mol. The summed E-state index contributed by atoms with van der Waals surface area (Å²) in [5, 5.41) is 3.04. The van der Waals surface area contributed by atoms with E-state index in [2.05, 4.69) is 15.3 Å². The number of nitrogens with two attached hydrogens (primary N) is 1. The molecule has 3 N–H and O–H groups in total. The summed E-state index contributed by atoms with van der Waals surface area (Å²) in [5.74, 6) is 0.388. The van der Waals surface area contributed by atoms with Crippen molar-refractivity contribution in [3.63, 3.8) is 0 Å². The summed E-state index contributed by atoms with van der Waals surface area (Å²) in [7, 11) is 0. The summed E-state index contributed by atoms with van der Waals surface area (Å²) in [6.07, 6.45) is 1.75. The first-order chi connectivity index (χ1) is 8.75. The fourth-order valence-corrected chi connectivity index (χ4v) is 1.60. The van der Waals surface area contributed by atoms with Gasteiger partial charge in [-0.25, -0.2) is 4.99 Å². The molecule has 4 nitrogen and oxygen atoms in total. The molecular weight excluding hydrogens is 224 g/mol. The number of rotatable bonds is 3. The maximum absolute atomic E-state index is 5.86. The van der Waals surface area contributed by atoms with Crippen molar-refractivity contribution in [1.82, 2.24) is 4.98 Å². The van der Waals surface area contributed by atoms with Crippen LogP contribution in [0, 0.1) is 0 Å². The number of nitrogens with one attached hydrogen (secondary N) is 1. The average molecular weight is 240 g/mol. The molecule has 0 fully saturated rings. The average Bonchev–Trinajstić information content (AvgIpc) is 2.40. The Bertz CT molecular complexity index is 508. The first-order valence-corrected chi connectivity index (χ1v) is 5.82. The highest BCUT2D eigenvalue weighted by molar-refractivity contribution is 5.92. The van der Waals surface area contributed by atoms with Crippen LogP contribution in [0.4, 0.5) is 5.69 Å². The molecule has 1 atom stereocenters. The standard InChI is InChI=1S/C14H16N4/c1-11(13-9-5-6-10-16-13)17-14(15)18-12-7-3-2-4-8-12/h2-11H,1H3,(H3,15,17,18). The molecular formula is C14H16N4. The van der Waals surface area contributed by atoms with Crippen LogP contribution in [0.1, 0.15) is 18.7 Å². The Labute approximate surface area is 107 Å². The van der Waals surface area contributed by atoms with Crippen molar-refractivity contribution in [2.45, 2.75) is 13.0 Å². The normalized spacial score (nSPS) is 13.1. The van der Waals surface area contributed by atoms with Gasteiger partial charge in [-0.1, -0.05) is 24.3 Å². The molecule has 0 saturated heterocycles. The van der Waals surface area contributed by atoms with Crippen LogP contribution in [0.25, 0.3) is 0 Å². The largest absolute Gasteiger partial charge is 0.370 e. The quantitative estimate of drug-likeness (QED) is 0.640. The van der Waals surface area contributed by atoms with Crippen molar-refractivity contribution in [2.75, 3.05) is 5.32 Å². The third kappa shape index (κ3) is 3.31. The van der Waals surface area contributed by atoms with Gasteiger partial charge in [0, 0.05) is 11.9 Å². The lowest BCUT2D eigenvalue weighted by Crippen LogP contribution is -2.23. The second-order valence-corrected chi connectivity index (χ2v) is 3.94. The summed E-state index contributed by atoms with van der Waals surface area (Å²) >= 11 is 0. The van der Waals surface area contributed by atoms with Crippen LogP contribution in [0.5, 0.6) is 0 Å². The highest BCUT2D eigenvalue weighted by Crippen LogP contribution is 2.13. The number of anilines is 1. The molecule has 1 aromatic heterocycles. The van der Waals surface area contributed by atoms with E-state index in [1.807, 2.05) is 55.5 Å². The van der Waals surface area contributed by atoms with Crippen molar-refractivity contribution in [2.24, 2.45) is 10.7 Å². The predicted molar refractivity (Wildman–Crippen MR) is 74.3 cm³/mol. The molecule has 1 aromatic carbocycles. The van der Waals surface area contributed by atoms with Gasteiger partial charge in [0.15, 0.2) is 5.96 Å². The number of aliphatic imine (C=N–C) groups is 1. The Balaban J connectivity index is 2.05. The Hall–Kier alpha value is -2.36. The van der Waals surface area contributed by atoms with Crippen molar-refractivity contribution in [3.8, 4) is 0 Å². The fraction of sp³-hybridized carbons (Fsp3) is 0.143. The highest BCUT2D eigenvalue weighted by atomic mass is 15.1. The zero-order valence-corrected chi connectivity index (χ0v) is 10.2. The Morgan fingerprint density at radius 3 is 2.56 bits per heavy atom. The van der Waals surface area contributed by atoms with Gasteiger partial charge in [-0.15, -0.1) is 0 Å². The molecule has 0 saturated carbocycles. The van der Waals surface area contributed by atoms with Crippen LogP contribution in [-0.4, -0.2) is 10.9 Å². The van der Waals surface area contributed by atoms with Crippen LogP contribution in [0.3, 0.4) is 0 Å². The molecule has 0 aliphatic carbocycles. The molecule has 18 heavy (non-hydrogen) atoms. The van der Waals surface area contributed by atoms with Crippen molar-refractivity contribution in [1.29, 1.82) is 0 Å². The third-order valence-corrected chi connectivity index (χ3v) is 2.49. The summed E-state index contributed by atoms with van der Waals surface area (Å²) in [6, 6.07) is 15.4. The van der Waals surface area contributed by atoms with E-state index in [0.717, 1.165) is 11.4 Å². The van der Waals surface area contributed by atoms with Gasteiger partial charge in [0.2, 0.25) is 0 Å². The van der Waals surface area contributed by atoms with Crippen LogP contribution in [0.2, 0.25) is 0 Å². The van der Waals surface area contributed by atoms with Crippen LogP contribution >= 0.6 is 0 Å². The SMILES string of the molecule is CC(N=C(N)Nc1ccccc1)c1ccccn1. The van der Waals surface area contributed by atoms with E-state index in [-0.39, 0.29) is 6.04 Å². The first-order valence-electron chi connectivity index (χ1n) is 5.82. The van der Waals surface area contributed by atoms with Gasteiger partial charge >= 0.3 is 0 Å². The lowest BCUT2D eigenvalue weighted by Gasteiger charge is -2.09. The zero-order chi connectivity index (χ0) is 12.8. The molecule has 0 bridgehead atoms. The van der Waals surface area contributed by atoms with E-state index in [4.69, 9.17) is 5.73 Å². The Morgan fingerprint density at radius 2 is 1.89 bits per heavy atom. The maximum Gasteiger partial charge on any atom is 0.193 e. The summed E-state index contributed by atoms with van der Waals surface area (Å²) < 4.78 is 0. The molecule has 2 aromatic rings. The van der Waals surface area contributed by atoms with Gasteiger partial charge in [0.05, 0.1) is 11.7 Å². The minimum atomic E-state index is -0.0672. The molecule has 4 heteroatoms. The predicted octanol–water partition coefficient (Wildman–Crippen LogP) is 2.57. The summed E-state index contributed by atoms with van der Waals surface area (Å²) in [4.78, 5) is 8.61. The third-order valence-electron chi connectivity index (χ3n) is 2.49. The van der Waals surface area contributed by atoms with Crippen molar-refractivity contribution < 1.29 is 0 Å². The molecule has 0 amide bonds. The number of hydrogen-bond donors (Lipinski definition) is 2. The number of guanidine groups is 1. The minimum Gasteiger partial charge on any atom is -0.370 e. The van der Waals surface area contributed by atoms with Crippen LogP contribution in [0.15, 0.2) is 59.7 Å². The Kier molecular flexibility index (Phi) is 3.91. The van der Waals surface area contributed by atoms with Gasteiger partial charge in [-0.2, -0.15) is 0 Å². The van der Waals surface area contributed by atoms with Crippen molar-refractivity contribution >= 4 is 11.6 Å². The van der Waals surface area contributed by atoms with Crippen molar-refractivity contribution in [3.05, 3.63) is 60.4 Å². The summed E-state index contributed by atoms with van der Waals surface area (Å²) in [5.41, 5.74) is 7.68. The van der Waals surface area contributed by atoms with Gasteiger partial charge in [0.1, 0.15) is 0 Å².